The van der Waals surface area contributed by atoms with Crippen LogP contribution in [0.5, 0.6) is 5.75 Å². The van der Waals surface area contributed by atoms with E-state index in [1.807, 2.05) is 12.1 Å². The second-order valence-electron chi connectivity index (χ2n) is 8.46. The SMILES string of the molecule is CCCN1CC[C@]2(c3cccc(O)c3)Cc3[nH]c4ccccc4c3CC2C1. The van der Waals surface area contributed by atoms with Gasteiger partial charge in [0.1, 0.15) is 5.75 Å². The van der Waals surface area contributed by atoms with Gasteiger partial charge in [0.05, 0.1) is 0 Å². The second kappa shape index (κ2) is 6.42. The Balaban J connectivity index is 1.63. The zero-order valence-electron chi connectivity index (χ0n) is 16.0. The van der Waals surface area contributed by atoms with Crippen LogP contribution in [0.1, 0.15) is 36.6 Å². The Hall–Kier alpha value is -2.26. The number of likely N-dealkylation sites (tertiary alicyclic amines) is 1. The molecule has 1 aliphatic heterocycles. The maximum Gasteiger partial charge on any atom is 0.115 e. The van der Waals surface area contributed by atoms with Crippen molar-refractivity contribution in [1.29, 1.82) is 0 Å². The highest BCUT2D eigenvalue weighted by molar-refractivity contribution is 5.85. The van der Waals surface area contributed by atoms with Crippen molar-refractivity contribution in [3.63, 3.8) is 0 Å². The van der Waals surface area contributed by atoms with E-state index in [2.05, 4.69) is 47.1 Å². The number of benzene rings is 2. The lowest BCUT2D eigenvalue weighted by Gasteiger charge is -2.51. The normalized spacial score (nSPS) is 25.3. The number of para-hydroxylation sites is 1. The minimum absolute atomic E-state index is 0.122. The summed E-state index contributed by atoms with van der Waals surface area (Å²) in [6.07, 6.45) is 4.54. The Morgan fingerprint density at radius 1 is 1.19 bits per heavy atom. The van der Waals surface area contributed by atoms with Crippen molar-refractivity contribution in [2.75, 3.05) is 19.6 Å². The van der Waals surface area contributed by atoms with Crippen LogP contribution in [0, 0.1) is 5.92 Å². The maximum absolute atomic E-state index is 10.2. The van der Waals surface area contributed by atoms with Crippen molar-refractivity contribution in [1.82, 2.24) is 9.88 Å². The van der Waals surface area contributed by atoms with Gasteiger partial charge >= 0.3 is 0 Å². The van der Waals surface area contributed by atoms with Gasteiger partial charge in [-0.05, 0) is 74.0 Å². The van der Waals surface area contributed by atoms with Crippen LogP contribution in [0.4, 0.5) is 0 Å². The number of aromatic amines is 1. The molecule has 1 aliphatic carbocycles. The number of phenols is 1. The van der Waals surface area contributed by atoms with Gasteiger partial charge in [-0.2, -0.15) is 0 Å². The average molecular weight is 361 g/mol. The molecule has 3 heteroatoms. The molecule has 2 aromatic carbocycles. The fourth-order valence-electron chi connectivity index (χ4n) is 5.65. The summed E-state index contributed by atoms with van der Waals surface area (Å²) in [5.74, 6) is 0.977. The molecule has 3 aromatic rings. The number of H-pyrrole nitrogens is 1. The summed E-state index contributed by atoms with van der Waals surface area (Å²) in [7, 11) is 0. The minimum atomic E-state index is 0.122. The van der Waals surface area contributed by atoms with E-state index in [9.17, 15) is 5.11 Å². The number of aromatic hydroxyl groups is 1. The van der Waals surface area contributed by atoms with Gasteiger partial charge in [0.25, 0.3) is 0 Å². The molecule has 2 N–H and O–H groups in total. The van der Waals surface area contributed by atoms with Crippen molar-refractivity contribution in [2.24, 2.45) is 5.92 Å². The van der Waals surface area contributed by atoms with E-state index in [-0.39, 0.29) is 5.41 Å². The Morgan fingerprint density at radius 3 is 2.93 bits per heavy atom. The summed E-state index contributed by atoms with van der Waals surface area (Å²) in [4.78, 5) is 6.36. The molecule has 27 heavy (non-hydrogen) atoms. The topological polar surface area (TPSA) is 39.3 Å². The van der Waals surface area contributed by atoms with E-state index in [1.54, 1.807) is 6.07 Å². The number of nitrogens with one attached hydrogen (secondary N) is 1. The first-order valence-electron chi connectivity index (χ1n) is 10.3. The summed E-state index contributed by atoms with van der Waals surface area (Å²) >= 11 is 0. The van der Waals surface area contributed by atoms with Gasteiger partial charge in [0, 0.05) is 28.6 Å². The van der Waals surface area contributed by atoms with E-state index in [4.69, 9.17) is 0 Å². The summed E-state index contributed by atoms with van der Waals surface area (Å²) in [6, 6.07) is 16.8. The zero-order valence-corrected chi connectivity index (χ0v) is 16.0. The molecule has 2 heterocycles. The van der Waals surface area contributed by atoms with Crippen molar-refractivity contribution in [2.45, 2.75) is 38.0 Å². The molecule has 140 valence electrons. The lowest BCUT2D eigenvalue weighted by Crippen LogP contribution is -2.53. The summed E-state index contributed by atoms with van der Waals surface area (Å²) < 4.78 is 0. The molecule has 0 spiro atoms. The second-order valence-corrected chi connectivity index (χ2v) is 8.46. The van der Waals surface area contributed by atoms with Crippen LogP contribution >= 0.6 is 0 Å². The summed E-state index contributed by atoms with van der Waals surface area (Å²) in [5, 5.41) is 11.6. The molecule has 3 nitrogen and oxygen atoms in total. The molecule has 1 unspecified atom stereocenters. The number of hydrogen-bond donors (Lipinski definition) is 2. The minimum Gasteiger partial charge on any atom is -0.508 e. The van der Waals surface area contributed by atoms with Crippen LogP contribution in [0.25, 0.3) is 10.9 Å². The lowest BCUT2D eigenvalue weighted by atomic mass is 9.58. The number of hydrogen-bond acceptors (Lipinski definition) is 2. The molecule has 0 bridgehead atoms. The highest BCUT2D eigenvalue weighted by Gasteiger charge is 2.47. The Kier molecular flexibility index (Phi) is 4.01. The van der Waals surface area contributed by atoms with Crippen molar-refractivity contribution in [3.05, 3.63) is 65.4 Å². The third kappa shape index (κ3) is 2.68. The number of fused-ring (bicyclic) bond motifs is 4. The summed E-state index contributed by atoms with van der Waals surface area (Å²) in [6.45, 7) is 5.76. The molecule has 2 atom stereocenters. The molecular weight excluding hydrogens is 332 g/mol. The molecule has 5 rings (SSSR count). The first kappa shape index (κ1) is 16.9. The van der Waals surface area contributed by atoms with E-state index < -0.39 is 0 Å². The van der Waals surface area contributed by atoms with Crippen LogP contribution in [0.3, 0.4) is 0 Å². The van der Waals surface area contributed by atoms with Crippen LogP contribution in [-0.2, 0) is 18.3 Å². The number of rotatable bonds is 3. The molecule has 0 radical (unpaired) electrons. The molecule has 1 fully saturated rings. The van der Waals surface area contributed by atoms with E-state index >= 15 is 0 Å². The van der Waals surface area contributed by atoms with Gasteiger partial charge < -0.3 is 15.0 Å². The van der Waals surface area contributed by atoms with E-state index in [0.29, 0.717) is 11.7 Å². The van der Waals surface area contributed by atoms with Gasteiger partial charge in [0.15, 0.2) is 0 Å². The van der Waals surface area contributed by atoms with Crippen LogP contribution in [0.2, 0.25) is 0 Å². The summed E-state index contributed by atoms with van der Waals surface area (Å²) in [5.41, 5.74) is 5.62. The smallest absolute Gasteiger partial charge is 0.115 e. The average Bonchev–Trinajstić information content (AvgIpc) is 3.03. The van der Waals surface area contributed by atoms with Crippen LogP contribution in [0.15, 0.2) is 48.5 Å². The quantitative estimate of drug-likeness (QED) is 0.714. The number of nitrogens with zero attached hydrogens (tertiary/aromatic N) is 1. The van der Waals surface area contributed by atoms with Crippen molar-refractivity contribution < 1.29 is 5.11 Å². The van der Waals surface area contributed by atoms with Gasteiger partial charge in [-0.1, -0.05) is 37.3 Å². The Bertz CT molecular complexity index is 975. The first-order valence-corrected chi connectivity index (χ1v) is 10.3. The third-order valence-electron chi connectivity index (χ3n) is 6.94. The largest absolute Gasteiger partial charge is 0.508 e. The van der Waals surface area contributed by atoms with Gasteiger partial charge in [-0.3, -0.25) is 0 Å². The Morgan fingerprint density at radius 2 is 2.07 bits per heavy atom. The van der Waals surface area contributed by atoms with Crippen LogP contribution in [-0.4, -0.2) is 34.6 Å². The number of aromatic nitrogens is 1. The fraction of sp³-hybridized carbons (Fsp3) is 0.417. The van der Waals surface area contributed by atoms with E-state index in [0.717, 1.165) is 32.4 Å². The zero-order chi connectivity index (χ0) is 18.4. The predicted molar refractivity (Wildman–Crippen MR) is 110 cm³/mol. The van der Waals surface area contributed by atoms with Crippen molar-refractivity contribution >= 4 is 10.9 Å². The molecule has 1 saturated heterocycles. The molecule has 0 saturated carbocycles. The fourth-order valence-corrected chi connectivity index (χ4v) is 5.65. The molecule has 1 aromatic heterocycles. The Labute approximate surface area is 161 Å². The predicted octanol–water partition coefficient (Wildman–Crippen LogP) is 4.64. The van der Waals surface area contributed by atoms with E-state index in [1.165, 1.54) is 40.7 Å². The highest BCUT2D eigenvalue weighted by atomic mass is 16.3. The monoisotopic (exact) mass is 360 g/mol. The third-order valence-corrected chi connectivity index (χ3v) is 6.94. The van der Waals surface area contributed by atoms with Gasteiger partial charge in [-0.15, -0.1) is 0 Å². The highest BCUT2D eigenvalue weighted by Crippen LogP contribution is 2.49. The van der Waals surface area contributed by atoms with Gasteiger partial charge in [0.2, 0.25) is 0 Å². The van der Waals surface area contributed by atoms with Crippen molar-refractivity contribution in [3.8, 4) is 5.75 Å². The number of piperidine rings is 1. The van der Waals surface area contributed by atoms with Gasteiger partial charge in [-0.25, -0.2) is 0 Å². The first-order chi connectivity index (χ1) is 13.2. The lowest BCUT2D eigenvalue weighted by molar-refractivity contribution is 0.0815. The van der Waals surface area contributed by atoms with Crippen LogP contribution < -0.4 is 0 Å². The molecule has 0 amide bonds. The standard InChI is InChI=1S/C24H28N2O/c1-2-11-26-12-10-24(17-6-5-7-19(27)13-17)15-23-21(14-18(24)16-26)20-8-3-4-9-22(20)25-23/h3-9,13,18,25,27H,2,10-12,14-16H2,1H3/t18?,24-/m1/s1. The molecular formula is C24H28N2O. The number of phenolic OH excluding ortho intramolecular Hbond substituents is 1. The maximum atomic E-state index is 10.2. The molecule has 2 aliphatic rings.